The van der Waals surface area contributed by atoms with Gasteiger partial charge >= 0.3 is 0 Å². The fourth-order valence-electron chi connectivity index (χ4n) is 3.29. The Morgan fingerprint density at radius 1 is 1.26 bits per heavy atom. The summed E-state index contributed by atoms with van der Waals surface area (Å²) in [7, 11) is -1.47. The van der Waals surface area contributed by atoms with E-state index in [0.717, 1.165) is 24.0 Å². The Morgan fingerprint density at radius 2 is 2.00 bits per heavy atom. The minimum atomic E-state index is -3.18. The number of aromatic nitrogens is 2. The highest BCUT2D eigenvalue weighted by atomic mass is 32.2. The Labute approximate surface area is 157 Å². The van der Waals surface area contributed by atoms with E-state index in [1.807, 2.05) is 12.1 Å². The monoisotopic (exact) mass is 386 g/mol. The van der Waals surface area contributed by atoms with E-state index in [0.29, 0.717) is 34.0 Å². The van der Waals surface area contributed by atoms with Crippen molar-refractivity contribution < 1.29 is 12.8 Å². The topological polar surface area (TPSA) is 82.2 Å². The van der Waals surface area contributed by atoms with E-state index in [1.165, 1.54) is 4.57 Å². The number of fused-ring (bicyclic) bond motifs is 1. The summed E-state index contributed by atoms with van der Waals surface area (Å²) in [5, 5.41) is 0. The molecule has 27 heavy (non-hydrogen) atoms. The molecule has 0 saturated heterocycles. The van der Waals surface area contributed by atoms with E-state index in [9.17, 15) is 13.2 Å². The number of hydrogen-bond donors (Lipinski definition) is 0. The largest absolute Gasteiger partial charge is 0.440 e. The van der Waals surface area contributed by atoms with Gasteiger partial charge in [-0.1, -0.05) is 6.92 Å². The summed E-state index contributed by atoms with van der Waals surface area (Å²) < 4.78 is 31.8. The molecule has 6 nitrogen and oxygen atoms in total. The molecule has 0 spiro atoms. The molecule has 7 heteroatoms. The number of aryl methyl sites for hydroxylation is 2. The average Bonchev–Trinajstić information content (AvgIpc) is 3.38. The van der Waals surface area contributed by atoms with Gasteiger partial charge in [0, 0.05) is 41.6 Å². The predicted molar refractivity (Wildman–Crippen MR) is 105 cm³/mol. The maximum atomic E-state index is 12.1. The molecule has 142 valence electrons. The molecule has 0 radical (unpaired) electrons. The minimum Gasteiger partial charge on any atom is -0.440 e. The summed E-state index contributed by atoms with van der Waals surface area (Å²) in [5.41, 5.74) is 4.17. The van der Waals surface area contributed by atoms with Crippen molar-refractivity contribution in [2.24, 2.45) is 7.05 Å². The van der Waals surface area contributed by atoms with Crippen LogP contribution in [0.5, 0.6) is 0 Å². The molecule has 1 aromatic carbocycles. The average molecular weight is 386 g/mol. The van der Waals surface area contributed by atoms with Crippen molar-refractivity contribution in [3.63, 3.8) is 0 Å². The third-order valence-corrected chi connectivity index (χ3v) is 6.65. The molecule has 0 aliphatic heterocycles. The molecule has 4 rings (SSSR count). The van der Waals surface area contributed by atoms with E-state index < -0.39 is 9.84 Å². The summed E-state index contributed by atoms with van der Waals surface area (Å²) >= 11 is 0. The first-order valence-corrected chi connectivity index (χ1v) is 10.9. The van der Waals surface area contributed by atoms with Gasteiger partial charge < -0.3 is 8.98 Å². The lowest BCUT2D eigenvalue weighted by Crippen LogP contribution is -2.18. The lowest BCUT2D eigenvalue weighted by molar-refractivity contribution is 0.533. The maximum Gasteiger partial charge on any atom is 0.253 e. The number of sulfone groups is 1. The molecule has 1 saturated carbocycles. The molecule has 0 N–H and O–H groups in total. The van der Waals surface area contributed by atoms with Gasteiger partial charge in [0.1, 0.15) is 5.52 Å². The first-order chi connectivity index (χ1) is 12.8. The highest BCUT2D eigenvalue weighted by molar-refractivity contribution is 7.90. The van der Waals surface area contributed by atoms with Gasteiger partial charge in [-0.15, -0.1) is 0 Å². The normalized spacial score (nSPS) is 14.8. The van der Waals surface area contributed by atoms with Crippen LogP contribution in [0.2, 0.25) is 0 Å². The van der Waals surface area contributed by atoms with Gasteiger partial charge in [-0.05, 0) is 43.5 Å². The second-order valence-electron chi connectivity index (χ2n) is 7.32. The Balaban J connectivity index is 1.94. The zero-order valence-corrected chi connectivity index (χ0v) is 16.5. The van der Waals surface area contributed by atoms with Crippen LogP contribution in [-0.2, 0) is 22.6 Å². The number of benzene rings is 1. The second kappa shape index (κ2) is 6.34. The van der Waals surface area contributed by atoms with Crippen LogP contribution in [0.15, 0.2) is 33.6 Å². The van der Waals surface area contributed by atoms with Gasteiger partial charge in [0.25, 0.3) is 5.56 Å². The molecule has 2 aromatic heterocycles. The predicted octanol–water partition coefficient (Wildman–Crippen LogP) is 3.31. The molecule has 1 fully saturated rings. The van der Waals surface area contributed by atoms with E-state index >= 15 is 0 Å². The molecule has 0 amide bonds. The zero-order valence-electron chi connectivity index (χ0n) is 15.7. The van der Waals surface area contributed by atoms with Gasteiger partial charge in [-0.2, -0.15) is 0 Å². The summed E-state index contributed by atoms with van der Waals surface area (Å²) in [5.74, 6) is 1.11. The fourth-order valence-corrected chi connectivity index (χ4v) is 4.17. The first kappa shape index (κ1) is 18.0. The number of rotatable bonds is 5. The van der Waals surface area contributed by atoms with Crippen LogP contribution in [0.25, 0.3) is 22.2 Å². The highest BCUT2D eigenvalue weighted by Crippen LogP contribution is 2.42. The molecule has 2 heterocycles. The number of hydrogen-bond acceptors (Lipinski definition) is 5. The van der Waals surface area contributed by atoms with Crippen LogP contribution >= 0.6 is 0 Å². The molecule has 3 aromatic rings. The molecular formula is C20H22N2O4S. The zero-order chi connectivity index (χ0) is 19.3. The van der Waals surface area contributed by atoms with Crippen molar-refractivity contribution >= 4 is 20.9 Å². The van der Waals surface area contributed by atoms with Crippen molar-refractivity contribution in [3.05, 3.63) is 51.8 Å². The third-order valence-electron chi connectivity index (χ3n) is 5.00. The van der Waals surface area contributed by atoms with Crippen LogP contribution in [0.3, 0.4) is 0 Å². The Morgan fingerprint density at radius 3 is 2.63 bits per heavy atom. The summed E-state index contributed by atoms with van der Waals surface area (Å²) in [6.07, 6.45) is 3.89. The van der Waals surface area contributed by atoms with Crippen LogP contribution in [-0.4, -0.2) is 23.7 Å². The molecule has 0 atom stereocenters. The second-order valence-corrected chi connectivity index (χ2v) is 9.67. The highest BCUT2D eigenvalue weighted by Gasteiger charge is 2.29. The Hall–Kier alpha value is -2.41. The third kappa shape index (κ3) is 3.43. The van der Waals surface area contributed by atoms with Gasteiger partial charge in [-0.3, -0.25) is 4.79 Å². The molecule has 0 bridgehead atoms. The SMILES string of the molecule is CCS(=O)(=O)Cc1cc(-c2cc(C)c(=O)n(C)c2)c2nc(C3CC3)oc2c1. The van der Waals surface area contributed by atoms with E-state index in [1.54, 1.807) is 33.2 Å². The Kier molecular flexibility index (Phi) is 4.22. The van der Waals surface area contributed by atoms with E-state index in [4.69, 9.17) is 4.42 Å². The van der Waals surface area contributed by atoms with Crippen LogP contribution in [0.1, 0.15) is 42.7 Å². The maximum absolute atomic E-state index is 12.1. The van der Waals surface area contributed by atoms with Gasteiger partial charge in [-0.25, -0.2) is 13.4 Å². The fraction of sp³-hybridized carbons (Fsp3) is 0.400. The van der Waals surface area contributed by atoms with Gasteiger partial charge in [0.2, 0.25) is 0 Å². The van der Waals surface area contributed by atoms with Crippen molar-refractivity contribution in [1.29, 1.82) is 0 Å². The lowest BCUT2D eigenvalue weighted by Gasteiger charge is -2.09. The summed E-state index contributed by atoms with van der Waals surface area (Å²) in [6.45, 7) is 3.41. The lowest BCUT2D eigenvalue weighted by atomic mass is 10.0. The quantitative estimate of drug-likeness (QED) is 0.672. The summed E-state index contributed by atoms with van der Waals surface area (Å²) in [6, 6.07) is 5.45. The number of nitrogens with zero attached hydrogens (tertiary/aromatic N) is 2. The van der Waals surface area contributed by atoms with E-state index in [-0.39, 0.29) is 17.1 Å². The molecule has 1 aliphatic carbocycles. The molecular weight excluding hydrogens is 364 g/mol. The first-order valence-electron chi connectivity index (χ1n) is 9.09. The van der Waals surface area contributed by atoms with Gasteiger partial charge in [0.05, 0.1) is 5.75 Å². The van der Waals surface area contributed by atoms with Crippen LogP contribution in [0.4, 0.5) is 0 Å². The van der Waals surface area contributed by atoms with Crippen molar-refractivity contribution in [3.8, 4) is 11.1 Å². The van der Waals surface area contributed by atoms with Crippen molar-refractivity contribution in [1.82, 2.24) is 9.55 Å². The standard InChI is InChI=1S/C20H22N2O4S/c1-4-27(24,25)11-13-8-16(15-7-12(2)20(23)22(3)10-15)18-17(9-13)26-19(21-18)14-5-6-14/h7-10,14H,4-6,11H2,1-3H3. The van der Waals surface area contributed by atoms with Crippen molar-refractivity contribution in [2.75, 3.05) is 5.75 Å². The van der Waals surface area contributed by atoms with Crippen molar-refractivity contribution in [2.45, 2.75) is 38.4 Å². The summed E-state index contributed by atoms with van der Waals surface area (Å²) in [4.78, 5) is 16.7. The number of pyridine rings is 1. The van der Waals surface area contributed by atoms with Crippen LogP contribution in [0, 0.1) is 6.92 Å². The molecule has 1 aliphatic rings. The minimum absolute atomic E-state index is 0.0450. The van der Waals surface area contributed by atoms with Gasteiger partial charge in [0.15, 0.2) is 21.3 Å². The smallest absolute Gasteiger partial charge is 0.253 e. The number of oxazole rings is 1. The van der Waals surface area contributed by atoms with Crippen LogP contribution < -0.4 is 5.56 Å². The van der Waals surface area contributed by atoms with E-state index in [2.05, 4.69) is 4.98 Å². The Bertz CT molecular complexity index is 1170. The molecule has 0 unspecified atom stereocenters.